The highest BCUT2D eigenvalue weighted by molar-refractivity contribution is 7.92. The summed E-state index contributed by atoms with van der Waals surface area (Å²) < 4.78 is 52.2. The standard InChI is InChI=1S/C39H47N3O8S/c1-8-28(3)40-39(44)34(22-29-15-10-9-11-16-29)41(25-30-17-13-12-14-27(30)2)38(43)26-42(33-23-31(47-4)18-20-35(33)48-5)51(45,46)32-19-21-36(49-6)37(24-32)50-7/h9-21,23-24,28,34H,8,22,25-26H2,1-7H3,(H,40,44)/t28-,34-/m0/s1. The minimum absolute atomic E-state index is 0.0520. The Bertz CT molecular complexity index is 1900. The van der Waals surface area contributed by atoms with Crippen LogP contribution in [-0.2, 0) is 32.6 Å². The maximum atomic E-state index is 14.9. The van der Waals surface area contributed by atoms with Crippen molar-refractivity contribution >= 4 is 27.5 Å². The quantitative estimate of drug-likeness (QED) is 0.146. The number of benzene rings is 4. The van der Waals surface area contributed by atoms with Gasteiger partial charge in [0.2, 0.25) is 11.8 Å². The molecular weight excluding hydrogens is 671 g/mol. The first-order valence-corrected chi connectivity index (χ1v) is 18.1. The van der Waals surface area contributed by atoms with Gasteiger partial charge in [0.15, 0.2) is 11.5 Å². The number of anilines is 1. The Morgan fingerprint density at radius 3 is 2.06 bits per heavy atom. The predicted molar refractivity (Wildman–Crippen MR) is 197 cm³/mol. The van der Waals surface area contributed by atoms with Crippen LogP contribution in [0, 0.1) is 6.92 Å². The topological polar surface area (TPSA) is 124 Å². The second-order valence-corrected chi connectivity index (χ2v) is 13.9. The summed E-state index contributed by atoms with van der Waals surface area (Å²) in [6, 6.07) is 24.8. The summed E-state index contributed by atoms with van der Waals surface area (Å²) in [4.78, 5) is 30.4. The highest BCUT2D eigenvalue weighted by Crippen LogP contribution is 2.38. The van der Waals surface area contributed by atoms with Gasteiger partial charge in [-0.3, -0.25) is 13.9 Å². The fourth-order valence-electron chi connectivity index (χ4n) is 5.58. The van der Waals surface area contributed by atoms with Gasteiger partial charge in [-0.15, -0.1) is 0 Å². The van der Waals surface area contributed by atoms with E-state index in [-0.39, 0.29) is 47.0 Å². The molecule has 0 aliphatic heterocycles. The lowest BCUT2D eigenvalue weighted by molar-refractivity contribution is -0.140. The minimum atomic E-state index is -4.49. The predicted octanol–water partition coefficient (Wildman–Crippen LogP) is 5.78. The molecule has 0 radical (unpaired) electrons. The number of hydrogen-bond donors (Lipinski definition) is 1. The molecule has 1 N–H and O–H groups in total. The van der Waals surface area contributed by atoms with Crippen LogP contribution in [0.15, 0.2) is 95.9 Å². The average molecular weight is 718 g/mol. The minimum Gasteiger partial charge on any atom is -0.497 e. The molecule has 12 heteroatoms. The Hall–Kier alpha value is -5.23. The first-order valence-electron chi connectivity index (χ1n) is 16.6. The smallest absolute Gasteiger partial charge is 0.265 e. The van der Waals surface area contributed by atoms with Crippen LogP contribution in [-0.4, -0.2) is 72.2 Å². The van der Waals surface area contributed by atoms with Gasteiger partial charge in [0.1, 0.15) is 24.1 Å². The summed E-state index contributed by atoms with van der Waals surface area (Å²) in [6.45, 7) is 5.17. The van der Waals surface area contributed by atoms with Crippen LogP contribution in [0.25, 0.3) is 0 Å². The first kappa shape index (κ1) is 38.6. The van der Waals surface area contributed by atoms with Crippen LogP contribution in [0.5, 0.6) is 23.0 Å². The van der Waals surface area contributed by atoms with E-state index < -0.39 is 28.5 Å². The van der Waals surface area contributed by atoms with Crippen LogP contribution in [0.1, 0.15) is 37.0 Å². The Morgan fingerprint density at radius 1 is 0.784 bits per heavy atom. The molecule has 0 bridgehead atoms. The summed E-state index contributed by atoms with van der Waals surface area (Å²) in [5.74, 6) is 0.105. The van der Waals surface area contributed by atoms with Crippen molar-refractivity contribution in [3.8, 4) is 23.0 Å². The third-order valence-electron chi connectivity index (χ3n) is 8.75. The summed E-state index contributed by atoms with van der Waals surface area (Å²) in [6.07, 6.45) is 0.883. The highest BCUT2D eigenvalue weighted by atomic mass is 32.2. The third-order valence-corrected chi connectivity index (χ3v) is 10.5. The lowest BCUT2D eigenvalue weighted by atomic mass is 10.0. The average Bonchev–Trinajstić information content (AvgIpc) is 3.15. The van der Waals surface area contributed by atoms with Gasteiger partial charge in [-0.05, 0) is 61.2 Å². The van der Waals surface area contributed by atoms with Gasteiger partial charge >= 0.3 is 0 Å². The number of nitrogens with one attached hydrogen (secondary N) is 1. The lowest BCUT2D eigenvalue weighted by Gasteiger charge is -2.35. The summed E-state index contributed by atoms with van der Waals surface area (Å²) >= 11 is 0. The van der Waals surface area contributed by atoms with E-state index in [1.165, 1.54) is 57.6 Å². The Morgan fingerprint density at radius 2 is 1.43 bits per heavy atom. The molecule has 0 aliphatic carbocycles. The zero-order valence-corrected chi connectivity index (χ0v) is 31.0. The van der Waals surface area contributed by atoms with Crippen molar-refractivity contribution in [1.82, 2.24) is 10.2 Å². The molecule has 0 aromatic heterocycles. The van der Waals surface area contributed by atoms with Gasteiger partial charge in [-0.2, -0.15) is 0 Å². The molecule has 0 aliphatic rings. The largest absolute Gasteiger partial charge is 0.497 e. The Kier molecular flexibility index (Phi) is 13.3. The fourth-order valence-corrected chi connectivity index (χ4v) is 7.01. The molecule has 0 saturated heterocycles. The Labute approximate surface area is 301 Å². The number of amides is 2. The van der Waals surface area contributed by atoms with E-state index in [9.17, 15) is 18.0 Å². The number of ether oxygens (including phenoxy) is 4. The van der Waals surface area contributed by atoms with Crippen LogP contribution in [0.4, 0.5) is 5.69 Å². The van der Waals surface area contributed by atoms with E-state index in [2.05, 4.69) is 5.32 Å². The van der Waals surface area contributed by atoms with Crippen molar-refractivity contribution in [1.29, 1.82) is 0 Å². The maximum Gasteiger partial charge on any atom is 0.265 e. The number of aryl methyl sites for hydroxylation is 1. The summed E-state index contributed by atoms with van der Waals surface area (Å²) in [5.41, 5.74) is 2.64. The molecule has 11 nitrogen and oxygen atoms in total. The molecule has 272 valence electrons. The molecule has 4 aromatic carbocycles. The van der Waals surface area contributed by atoms with Crippen LogP contribution in [0.3, 0.4) is 0 Å². The molecule has 0 unspecified atom stereocenters. The summed E-state index contributed by atoms with van der Waals surface area (Å²) in [7, 11) is 1.23. The van der Waals surface area contributed by atoms with Gasteiger partial charge in [-0.25, -0.2) is 8.42 Å². The van der Waals surface area contributed by atoms with Crippen molar-refractivity contribution in [2.24, 2.45) is 0 Å². The van der Waals surface area contributed by atoms with Gasteiger partial charge in [0.05, 0.1) is 39.0 Å². The number of carbonyl (C=O) groups is 2. The van der Waals surface area contributed by atoms with E-state index in [1.54, 1.807) is 12.1 Å². The van der Waals surface area contributed by atoms with Gasteiger partial charge < -0.3 is 29.2 Å². The molecule has 4 aromatic rings. The second kappa shape index (κ2) is 17.6. The highest BCUT2D eigenvalue weighted by Gasteiger charge is 2.36. The lowest BCUT2D eigenvalue weighted by Crippen LogP contribution is -2.54. The third kappa shape index (κ3) is 9.31. The molecule has 0 heterocycles. The van der Waals surface area contributed by atoms with E-state index in [1.807, 2.05) is 75.4 Å². The normalized spacial score (nSPS) is 12.3. The van der Waals surface area contributed by atoms with Crippen LogP contribution < -0.4 is 28.6 Å². The first-order chi connectivity index (χ1) is 24.5. The maximum absolute atomic E-state index is 14.9. The van der Waals surface area contributed by atoms with Gasteiger partial charge in [0.25, 0.3) is 10.0 Å². The zero-order chi connectivity index (χ0) is 37.1. The number of hydrogen-bond acceptors (Lipinski definition) is 8. The summed E-state index contributed by atoms with van der Waals surface area (Å²) in [5, 5.41) is 3.06. The van der Waals surface area contributed by atoms with E-state index in [4.69, 9.17) is 18.9 Å². The van der Waals surface area contributed by atoms with Crippen molar-refractivity contribution in [3.05, 3.63) is 108 Å². The monoisotopic (exact) mass is 717 g/mol. The molecule has 2 atom stereocenters. The number of nitrogens with zero attached hydrogens (tertiary/aromatic N) is 2. The second-order valence-electron chi connectivity index (χ2n) is 12.0. The van der Waals surface area contributed by atoms with Gasteiger partial charge in [0, 0.05) is 31.1 Å². The zero-order valence-electron chi connectivity index (χ0n) is 30.2. The van der Waals surface area contributed by atoms with E-state index in [0.29, 0.717) is 17.9 Å². The van der Waals surface area contributed by atoms with Crippen molar-refractivity contribution in [3.63, 3.8) is 0 Å². The SMILES string of the molecule is CC[C@H](C)NC(=O)[C@H](Cc1ccccc1)N(Cc1ccccc1C)C(=O)CN(c1cc(OC)ccc1OC)S(=O)(=O)c1ccc(OC)c(OC)c1. The van der Waals surface area contributed by atoms with Gasteiger partial charge in [-0.1, -0.05) is 61.5 Å². The van der Waals surface area contributed by atoms with E-state index in [0.717, 1.165) is 21.0 Å². The number of methoxy groups -OCH3 is 4. The molecule has 0 fully saturated rings. The fraction of sp³-hybridized carbons (Fsp3) is 0.333. The Balaban J connectivity index is 1.91. The number of carbonyl (C=O) groups excluding carboxylic acids is 2. The van der Waals surface area contributed by atoms with Crippen molar-refractivity contribution in [2.75, 3.05) is 39.3 Å². The van der Waals surface area contributed by atoms with Crippen LogP contribution in [0.2, 0.25) is 0 Å². The molecule has 0 spiro atoms. The molecule has 51 heavy (non-hydrogen) atoms. The molecular formula is C39H47N3O8S. The van der Waals surface area contributed by atoms with E-state index >= 15 is 0 Å². The number of sulfonamides is 1. The van der Waals surface area contributed by atoms with Crippen LogP contribution >= 0.6 is 0 Å². The van der Waals surface area contributed by atoms with Crippen molar-refractivity contribution in [2.45, 2.75) is 57.1 Å². The number of rotatable bonds is 17. The molecule has 4 rings (SSSR count). The molecule has 0 saturated carbocycles. The van der Waals surface area contributed by atoms with Crippen molar-refractivity contribution < 1.29 is 37.0 Å². The molecule has 2 amide bonds.